The molecule has 0 radical (unpaired) electrons. The molecule has 6 N–H and O–H groups in total. The number of benzene rings is 3. The van der Waals surface area contributed by atoms with E-state index in [1.165, 1.54) is 31.2 Å². The van der Waals surface area contributed by atoms with Gasteiger partial charge in [0.2, 0.25) is 11.1 Å². The third kappa shape index (κ3) is 5.37. The molecule has 3 aromatic carbocycles. The average Bonchev–Trinajstić information content (AvgIpc) is 2.83. The minimum Gasteiger partial charge on any atom is -0.384 e. The molecule has 0 fully saturated rings. The summed E-state index contributed by atoms with van der Waals surface area (Å²) in [5.74, 6) is 1.74. The van der Waals surface area contributed by atoms with Crippen LogP contribution in [0.5, 0.6) is 0 Å². The number of rotatable bonds is 7. The monoisotopic (exact) mass is 470 g/mol. The van der Waals surface area contributed by atoms with Crippen molar-refractivity contribution in [3.8, 4) is 11.1 Å². The molecule has 3 aromatic rings. The van der Waals surface area contributed by atoms with Gasteiger partial charge in [-0.05, 0) is 47.9 Å². The van der Waals surface area contributed by atoms with Crippen LogP contribution in [0, 0.1) is 11.2 Å². The number of halogens is 2. The molecule has 1 amide bonds. The molecule has 0 aliphatic heterocycles. The lowest BCUT2D eigenvalue weighted by atomic mass is 10.0. The topological polar surface area (TPSA) is 131 Å². The van der Waals surface area contributed by atoms with Crippen molar-refractivity contribution in [3.63, 3.8) is 0 Å². The third-order valence-electron chi connectivity index (χ3n) is 4.82. The standard InChI is InChI=1S/C23H20F2N4O3S/c1-13(14-5-4-6-16(11-14)22(26)27)21(25)23(30)29-19-10-9-15(12-18(19)24)17-7-2-3-8-20(17)33(31)32-28/h2-12H,28H2,1H3,(H3,26,27)(H,29,30). The number of hydrogen-bond acceptors (Lipinski definition) is 5. The van der Waals surface area contributed by atoms with Crippen LogP contribution in [0.15, 0.2) is 77.5 Å². The van der Waals surface area contributed by atoms with Crippen molar-refractivity contribution in [1.29, 1.82) is 5.41 Å². The van der Waals surface area contributed by atoms with Crippen molar-refractivity contribution in [2.24, 2.45) is 11.6 Å². The zero-order valence-corrected chi connectivity index (χ0v) is 18.2. The number of allylic oxidation sites excluding steroid dienone is 1. The lowest BCUT2D eigenvalue weighted by Crippen LogP contribution is -2.14. The molecule has 0 aliphatic rings. The maximum absolute atomic E-state index is 14.8. The van der Waals surface area contributed by atoms with Gasteiger partial charge in [0.05, 0.1) is 10.6 Å². The van der Waals surface area contributed by atoms with Crippen LogP contribution in [0.2, 0.25) is 0 Å². The molecule has 3 rings (SSSR count). The molecule has 7 nitrogen and oxygen atoms in total. The normalized spacial score (nSPS) is 12.6. The molecule has 0 spiro atoms. The molecule has 1 unspecified atom stereocenters. The largest absolute Gasteiger partial charge is 0.384 e. The van der Waals surface area contributed by atoms with Crippen molar-refractivity contribution >= 4 is 34.1 Å². The van der Waals surface area contributed by atoms with Gasteiger partial charge in [-0.15, -0.1) is 0 Å². The minimum absolute atomic E-state index is 0.00539. The van der Waals surface area contributed by atoms with Gasteiger partial charge in [0.15, 0.2) is 5.83 Å². The van der Waals surface area contributed by atoms with Crippen molar-refractivity contribution in [2.75, 3.05) is 5.32 Å². The maximum atomic E-state index is 14.8. The smallest absolute Gasteiger partial charge is 0.284 e. The van der Waals surface area contributed by atoms with Gasteiger partial charge in [0.25, 0.3) is 5.91 Å². The number of amides is 1. The molecule has 0 aliphatic carbocycles. The molecule has 33 heavy (non-hydrogen) atoms. The summed E-state index contributed by atoms with van der Waals surface area (Å²) in [7, 11) is 0. The van der Waals surface area contributed by atoms with Gasteiger partial charge in [0, 0.05) is 11.1 Å². The fourth-order valence-corrected chi connectivity index (χ4v) is 3.74. The van der Waals surface area contributed by atoms with Gasteiger partial charge in [-0.1, -0.05) is 42.5 Å². The number of nitrogens with one attached hydrogen (secondary N) is 2. The second kappa shape index (κ2) is 10.3. The second-order valence-electron chi connectivity index (χ2n) is 6.91. The molecule has 0 saturated carbocycles. The predicted octanol–water partition coefficient (Wildman–Crippen LogP) is 4.03. The van der Waals surface area contributed by atoms with Gasteiger partial charge in [-0.3, -0.25) is 10.2 Å². The van der Waals surface area contributed by atoms with Crippen LogP contribution in [0.25, 0.3) is 16.7 Å². The average molecular weight is 471 g/mol. The number of hydrogen-bond donors (Lipinski definition) is 4. The van der Waals surface area contributed by atoms with Crippen molar-refractivity contribution in [3.05, 3.63) is 89.5 Å². The first kappa shape index (κ1) is 23.9. The quantitative estimate of drug-likeness (QED) is 0.179. The van der Waals surface area contributed by atoms with Crippen LogP contribution >= 0.6 is 0 Å². The fraction of sp³-hybridized carbons (Fsp3) is 0.0435. The highest BCUT2D eigenvalue weighted by Crippen LogP contribution is 2.30. The summed E-state index contributed by atoms with van der Waals surface area (Å²) in [6, 6.07) is 16.5. The number of carbonyl (C=O) groups is 1. The van der Waals surface area contributed by atoms with Crippen LogP contribution in [0.3, 0.4) is 0 Å². The van der Waals surface area contributed by atoms with Crippen molar-refractivity contribution in [1.82, 2.24) is 0 Å². The van der Waals surface area contributed by atoms with Gasteiger partial charge < -0.3 is 11.1 Å². The Kier molecular flexibility index (Phi) is 7.44. The first-order valence-corrected chi connectivity index (χ1v) is 10.6. The Morgan fingerprint density at radius 1 is 1.06 bits per heavy atom. The lowest BCUT2D eigenvalue weighted by molar-refractivity contribution is -0.114. The Morgan fingerprint density at radius 2 is 1.76 bits per heavy atom. The van der Waals surface area contributed by atoms with E-state index in [9.17, 15) is 17.8 Å². The Labute approximate surface area is 191 Å². The van der Waals surface area contributed by atoms with Crippen LogP contribution in [-0.4, -0.2) is 16.0 Å². The van der Waals surface area contributed by atoms with Crippen LogP contribution in [0.4, 0.5) is 14.5 Å². The van der Waals surface area contributed by atoms with Gasteiger partial charge in [0.1, 0.15) is 11.7 Å². The van der Waals surface area contributed by atoms with Gasteiger partial charge in [-0.25, -0.2) is 13.0 Å². The highest BCUT2D eigenvalue weighted by Gasteiger charge is 2.18. The second-order valence-corrected chi connectivity index (χ2v) is 8.01. The molecule has 0 heterocycles. The SMILES string of the molecule is CC(=C(F)C(=O)Nc1ccc(-c2ccccc2S(=O)ON)cc1F)c1cccc(C(=N)N)c1. The number of nitrogens with two attached hydrogens (primary N) is 2. The predicted molar refractivity (Wildman–Crippen MR) is 123 cm³/mol. The summed E-state index contributed by atoms with van der Waals surface area (Å²) in [6.45, 7) is 1.39. The molecular formula is C23H20F2N4O3S. The van der Waals surface area contributed by atoms with E-state index in [2.05, 4.69) is 9.60 Å². The highest BCUT2D eigenvalue weighted by atomic mass is 32.2. The Balaban J connectivity index is 1.87. The maximum Gasteiger partial charge on any atom is 0.284 e. The highest BCUT2D eigenvalue weighted by molar-refractivity contribution is 7.80. The zero-order valence-electron chi connectivity index (χ0n) is 17.4. The molecule has 170 valence electrons. The minimum atomic E-state index is -1.95. The van der Waals surface area contributed by atoms with E-state index < -0.39 is 28.6 Å². The van der Waals surface area contributed by atoms with Crippen LogP contribution in [-0.2, 0) is 20.2 Å². The lowest BCUT2D eigenvalue weighted by Gasteiger charge is -2.11. The number of carbonyl (C=O) groups excluding carboxylic acids is 1. The zero-order chi connectivity index (χ0) is 24.1. The van der Waals surface area contributed by atoms with Crippen LogP contribution < -0.4 is 16.9 Å². The molecule has 0 bridgehead atoms. The Hall–Kier alpha value is -3.73. The first-order chi connectivity index (χ1) is 15.7. The number of nitrogen functional groups attached to an aromatic ring is 1. The van der Waals surface area contributed by atoms with Crippen molar-refractivity contribution in [2.45, 2.75) is 11.8 Å². The summed E-state index contributed by atoms with van der Waals surface area (Å²) in [4.78, 5) is 12.6. The van der Waals surface area contributed by atoms with Crippen LogP contribution in [0.1, 0.15) is 18.1 Å². The Morgan fingerprint density at radius 3 is 2.42 bits per heavy atom. The molecular weight excluding hydrogens is 450 g/mol. The molecule has 0 saturated heterocycles. The number of anilines is 1. The molecule has 10 heteroatoms. The van der Waals surface area contributed by atoms with E-state index in [1.807, 2.05) is 0 Å². The molecule has 0 aromatic heterocycles. The summed E-state index contributed by atoms with van der Waals surface area (Å²) in [6.07, 6.45) is 0. The summed E-state index contributed by atoms with van der Waals surface area (Å²) < 4.78 is 45.8. The fourth-order valence-electron chi connectivity index (χ4n) is 3.08. The Bertz CT molecular complexity index is 1290. The van der Waals surface area contributed by atoms with E-state index in [0.29, 0.717) is 22.3 Å². The molecule has 1 atom stereocenters. The van der Waals surface area contributed by atoms with Gasteiger partial charge in [-0.2, -0.15) is 10.2 Å². The van der Waals surface area contributed by atoms with E-state index in [4.69, 9.17) is 17.0 Å². The summed E-state index contributed by atoms with van der Waals surface area (Å²) in [5.41, 5.74) is 6.73. The van der Waals surface area contributed by atoms with E-state index >= 15 is 0 Å². The first-order valence-electron chi connectivity index (χ1n) is 9.53. The van der Waals surface area contributed by atoms with Gasteiger partial charge >= 0.3 is 0 Å². The summed E-state index contributed by atoms with van der Waals surface area (Å²) >= 11 is -1.95. The van der Waals surface area contributed by atoms with E-state index in [1.54, 1.807) is 36.4 Å². The summed E-state index contributed by atoms with van der Waals surface area (Å²) in [5, 5.41) is 9.69. The van der Waals surface area contributed by atoms with Crippen molar-refractivity contribution < 1.29 is 22.1 Å². The third-order valence-corrected chi connectivity index (χ3v) is 5.71. The number of amidine groups is 1. The van der Waals surface area contributed by atoms with E-state index in [-0.39, 0.29) is 22.0 Å². The van der Waals surface area contributed by atoms with E-state index in [0.717, 1.165) is 6.07 Å².